The molecule has 0 aromatic rings. The van der Waals surface area contributed by atoms with Crippen molar-refractivity contribution in [1.82, 2.24) is 0 Å². The number of hydrogen-bond acceptors (Lipinski definition) is 4. The summed E-state index contributed by atoms with van der Waals surface area (Å²) in [7, 11) is -2.89. The van der Waals surface area contributed by atoms with Crippen LogP contribution in [0.1, 0.15) is 0 Å². The molecular formula is C4H12Cl2N2O2S. The van der Waals surface area contributed by atoms with Crippen molar-refractivity contribution in [2.45, 2.75) is 12.1 Å². The monoisotopic (exact) mass is 222 g/mol. The molecule has 1 aliphatic rings. The molecule has 1 saturated heterocycles. The fourth-order valence-corrected chi connectivity index (χ4v) is 2.71. The standard InChI is InChI=1S/C4H10N2O2S.2ClH/c5-3-1-9(7,8)2-4(3)6;;/h3-4H,1-2,5-6H2;2*1H/t3-,4-;;/m1../s1. The Labute approximate surface area is 78.4 Å². The van der Waals surface area contributed by atoms with Crippen molar-refractivity contribution in [2.75, 3.05) is 11.5 Å². The van der Waals surface area contributed by atoms with Gasteiger partial charge in [-0.25, -0.2) is 8.42 Å². The van der Waals surface area contributed by atoms with Gasteiger partial charge >= 0.3 is 0 Å². The van der Waals surface area contributed by atoms with Crippen LogP contribution in [0.3, 0.4) is 0 Å². The maximum absolute atomic E-state index is 10.7. The lowest BCUT2D eigenvalue weighted by Crippen LogP contribution is -2.39. The highest BCUT2D eigenvalue weighted by atomic mass is 35.5. The molecule has 0 aromatic carbocycles. The summed E-state index contributed by atoms with van der Waals surface area (Å²) in [5.74, 6) is 0.0995. The summed E-state index contributed by atoms with van der Waals surface area (Å²) >= 11 is 0. The molecule has 1 heterocycles. The van der Waals surface area contributed by atoms with Crippen LogP contribution < -0.4 is 11.5 Å². The van der Waals surface area contributed by atoms with Gasteiger partial charge in [-0.3, -0.25) is 0 Å². The predicted molar refractivity (Wildman–Crippen MR) is 49.1 cm³/mol. The van der Waals surface area contributed by atoms with E-state index in [9.17, 15) is 8.42 Å². The molecule has 4 N–H and O–H groups in total. The van der Waals surface area contributed by atoms with Crippen molar-refractivity contribution >= 4 is 34.7 Å². The van der Waals surface area contributed by atoms with Gasteiger partial charge < -0.3 is 11.5 Å². The number of nitrogens with two attached hydrogens (primary N) is 2. The zero-order chi connectivity index (χ0) is 7.07. The first-order chi connectivity index (χ1) is 4.01. The minimum atomic E-state index is -2.89. The van der Waals surface area contributed by atoms with E-state index >= 15 is 0 Å². The van der Waals surface area contributed by atoms with Gasteiger partial charge in [-0.2, -0.15) is 0 Å². The molecule has 1 rings (SSSR count). The van der Waals surface area contributed by atoms with Crippen molar-refractivity contribution in [3.63, 3.8) is 0 Å². The lowest BCUT2D eigenvalue weighted by Gasteiger charge is -2.03. The molecule has 11 heavy (non-hydrogen) atoms. The SMILES string of the molecule is Cl.Cl.N[C@@H]1CS(=O)(=O)C[C@H]1N. The summed E-state index contributed by atoms with van der Waals surface area (Å²) in [5, 5.41) is 0. The van der Waals surface area contributed by atoms with Gasteiger partial charge in [0, 0.05) is 12.1 Å². The summed E-state index contributed by atoms with van der Waals surface area (Å²) in [5.41, 5.74) is 10.7. The molecule has 0 spiro atoms. The van der Waals surface area contributed by atoms with E-state index in [1.807, 2.05) is 0 Å². The molecule has 0 saturated carbocycles. The van der Waals surface area contributed by atoms with Crippen LogP contribution in [0.2, 0.25) is 0 Å². The molecule has 0 aromatic heterocycles. The molecule has 0 bridgehead atoms. The molecule has 2 atom stereocenters. The molecular weight excluding hydrogens is 211 g/mol. The average molecular weight is 223 g/mol. The summed E-state index contributed by atoms with van der Waals surface area (Å²) in [6.45, 7) is 0. The highest BCUT2D eigenvalue weighted by Crippen LogP contribution is 2.07. The van der Waals surface area contributed by atoms with Gasteiger partial charge in [0.15, 0.2) is 9.84 Å². The Hall–Kier alpha value is 0.450. The fourth-order valence-electron chi connectivity index (χ4n) is 0.902. The third-order valence-electron chi connectivity index (χ3n) is 1.44. The van der Waals surface area contributed by atoms with E-state index < -0.39 is 9.84 Å². The number of rotatable bonds is 0. The molecule has 7 heteroatoms. The number of hydrogen-bond donors (Lipinski definition) is 2. The van der Waals surface area contributed by atoms with Crippen LogP contribution in [0.25, 0.3) is 0 Å². The van der Waals surface area contributed by atoms with Gasteiger partial charge in [0.2, 0.25) is 0 Å². The predicted octanol–water partition coefficient (Wildman–Crippen LogP) is -1.09. The van der Waals surface area contributed by atoms with Gasteiger partial charge in [0.1, 0.15) is 0 Å². The first kappa shape index (κ1) is 14.0. The Morgan fingerprint density at radius 1 is 1.00 bits per heavy atom. The summed E-state index contributed by atoms with van der Waals surface area (Å²) in [6.07, 6.45) is 0. The average Bonchev–Trinajstić information content (AvgIpc) is 1.79. The van der Waals surface area contributed by atoms with Crippen LogP contribution in [0, 0.1) is 0 Å². The molecule has 1 fully saturated rings. The van der Waals surface area contributed by atoms with Crippen molar-refractivity contribution in [2.24, 2.45) is 11.5 Å². The Balaban J connectivity index is 0. The topological polar surface area (TPSA) is 86.2 Å². The Bertz CT molecular complexity index is 190. The van der Waals surface area contributed by atoms with Crippen LogP contribution in [0.15, 0.2) is 0 Å². The van der Waals surface area contributed by atoms with Crippen LogP contribution in [-0.2, 0) is 9.84 Å². The molecule has 0 aliphatic carbocycles. The van der Waals surface area contributed by atoms with E-state index in [1.165, 1.54) is 0 Å². The first-order valence-corrected chi connectivity index (χ1v) is 4.55. The zero-order valence-electron chi connectivity index (χ0n) is 5.76. The van der Waals surface area contributed by atoms with Crippen molar-refractivity contribution < 1.29 is 8.42 Å². The maximum atomic E-state index is 10.7. The maximum Gasteiger partial charge on any atom is 0.153 e. The van der Waals surface area contributed by atoms with Crippen molar-refractivity contribution in [3.8, 4) is 0 Å². The minimum Gasteiger partial charge on any atom is -0.325 e. The van der Waals surface area contributed by atoms with Crippen LogP contribution in [-0.4, -0.2) is 32.0 Å². The summed E-state index contributed by atoms with van der Waals surface area (Å²) in [4.78, 5) is 0. The second-order valence-electron chi connectivity index (χ2n) is 2.40. The van der Waals surface area contributed by atoms with Gasteiger partial charge in [-0.1, -0.05) is 0 Å². The van der Waals surface area contributed by atoms with Crippen LogP contribution in [0.4, 0.5) is 0 Å². The highest BCUT2D eigenvalue weighted by Gasteiger charge is 2.32. The lowest BCUT2D eigenvalue weighted by molar-refractivity contribution is 0.601. The first-order valence-electron chi connectivity index (χ1n) is 2.73. The fraction of sp³-hybridized carbons (Fsp3) is 1.00. The second kappa shape index (κ2) is 4.47. The molecule has 70 valence electrons. The molecule has 4 nitrogen and oxygen atoms in total. The lowest BCUT2D eigenvalue weighted by atomic mass is 10.2. The van der Waals surface area contributed by atoms with Crippen molar-refractivity contribution in [3.05, 3.63) is 0 Å². The highest BCUT2D eigenvalue weighted by molar-refractivity contribution is 7.91. The minimum absolute atomic E-state index is 0. The zero-order valence-corrected chi connectivity index (χ0v) is 8.21. The van der Waals surface area contributed by atoms with E-state index in [0.717, 1.165) is 0 Å². The molecule has 0 radical (unpaired) electrons. The number of sulfone groups is 1. The van der Waals surface area contributed by atoms with Gasteiger partial charge in [0.05, 0.1) is 11.5 Å². The van der Waals surface area contributed by atoms with Gasteiger partial charge in [-0.05, 0) is 0 Å². The quantitative estimate of drug-likeness (QED) is 0.546. The molecule has 0 amide bonds. The number of halogens is 2. The Morgan fingerprint density at radius 2 is 1.27 bits per heavy atom. The molecule has 1 aliphatic heterocycles. The third-order valence-corrected chi connectivity index (χ3v) is 3.23. The van der Waals surface area contributed by atoms with E-state index in [1.54, 1.807) is 0 Å². The van der Waals surface area contributed by atoms with Gasteiger partial charge in [-0.15, -0.1) is 24.8 Å². The van der Waals surface area contributed by atoms with Crippen LogP contribution >= 0.6 is 24.8 Å². The van der Waals surface area contributed by atoms with E-state index in [4.69, 9.17) is 11.5 Å². The van der Waals surface area contributed by atoms with E-state index in [-0.39, 0.29) is 48.4 Å². The molecule has 0 unspecified atom stereocenters. The largest absolute Gasteiger partial charge is 0.325 e. The Kier molecular flexibility index (Phi) is 5.69. The normalized spacial score (nSPS) is 33.6. The van der Waals surface area contributed by atoms with Crippen molar-refractivity contribution in [1.29, 1.82) is 0 Å². The third kappa shape index (κ3) is 3.57. The van der Waals surface area contributed by atoms with E-state index in [2.05, 4.69) is 0 Å². The summed E-state index contributed by atoms with van der Waals surface area (Å²) in [6, 6.07) is -0.704. The Morgan fingerprint density at radius 3 is 1.36 bits per heavy atom. The van der Waals surface area contributed by atoms with Crippen LogP contribution in [0.5, 0.6) is 0 Å². The van der Waals surface area contributed by atoms with Gasteiger partial charge in [0.25, 0.3) is 0 Å². The van der Waals surface area contributed by atoms with E-state index in [0.29, 0.717) is 0 Å². The second-order valence-corrected chi connectivity index (χ2v) is 4.56. The smallest absolute Gasteiger partial charge is 0.153 e. The summed E-state index contributed by atoms with van der Waals surface area (Å²) < 4.78 is 21.4.